The maximum Gasteiger partial charge on any atom is 0.132 e. The van der Waals surface area contributed by atoms with Gasteiger partial charge in [-0.15, -0.1) is 0 Å². The number of para-hydroxylation sites is 1. The van der Waals surface area contributed by atoms with Crippen LogP contribution in [0.2, 0.25) is 0 Å². The van der Waals surface area contributed by atoms with E-state index >= 15 is 0 Å². The Morgan fingerprint density at radius 2 is 1.89 bits per heavy atom. The smallest absolute Gasteiger partial charge is 0.132 e. The fourth-order valence-corrected chi connectivity index (χ4v) is 2.20. The Hall–Kier alpha value is -1.23. The summed E-state index contributed by atoms with van der Waals surface area (Å²) in [4.78, 5) is 0. The van der Waals surface area contributed by atoms with Gasteiger partial charge in [-0.2, -0.15) is 0 Å². The van der Waals surface area contributed by atoms with E-state index in [1.165, 1.54) is 9.13 Å². The molecule has 1 aliphatic heterocycles. The molecule has 19 heavy (non-hydrogen) atoms. The molecule has 100 valence electrons. The van der Waals surface area contributed by atoms with Gasteiger partial charge in [0, 0.05) is 0 Å². The molecule has 1 aliphatic rings. The molecule has 0 radical (unpaired) electrons. The summed E-state index contributed by atoms with van der Waals surface area (Å²) in [7, 11) is 0. The second-order valence-corrected chi connectivity index (χ2v) is 5.70. The summed E-state index contributed by atoms with van der Waals surface area (Å²) < 4.78 is 11.9. The lowest BCUT2D eigenvalue weighted by molar-refractivity contribution is 0.240. The first-order chi connectivity index (χ1) is 9.15. The van der Waals surface area contributed by atoms with E-state index in [4.69, 9.17) is 9.47 Å². The first-order valence-electron chi connectivity index (χ1n) is 6.28. The van der Waals surface area contributed by atoms with Crippen molar-refractivity contribution in [1.29, 1.82) is 0 Å². The van der Waals surface area contributed by atoms with Crippen LogP contribution in [0.25, 0.3) is 0 Å². The maximum absolute atomic E-state index is 5.54. The number of hydrogen-bond acceptors (Lipinski definition) is 2. The molecule has 1 heterocycles. The Morgan fingerprint density at radius 1 is 1.11 bits per heavy atom. The van der Waals surface area contributed by atoms with Crippen molar-refractivity contribution in [1.82, 2.24) is 0 Å². The Morgan fingerprint density at radius 3 is 2.53 bits per heavy atom. The van der Waals surface area contributed by atoms with Crippen LogP contribution in [0.4, 0.5) is 0 Å². The predicted octanol–water partition coefficient (Wildman–Crippen LogP) is 4.66. The van der Waals surface area contributed by atoms with E-state index in [0.717, 1.165) is 18.1 Å². The number of halogens is 1. The molecule has 0 atom stereocenters. The fraction of sp³-hybridized carbons (Fsp3) is 0.250. The van der Waals surface area contributed by atoms with Crippen molar-refractivity contribution in [2.45, 2.75) is 26.6 Å². The van der Waals surface area contributed by atoms with Crippen LogP contribution in [0, 0.1) is 3.57 Å². The van der Waals surface area contributed by atoms with Gasteiger partial charge < -0.3 is 9.47 Å². The summed E-state index contributed by atoms with van der Waals surface area (Å²) in [6.07, 6.45) is 0.255. The third-order valence-electron chi connectivity index (χ3n) is 2.50. The average Bonchev–Trinajstić information content (AvgIpc) is 2.71. The van der Waals surface area contributed by atoms with Gasteiger partial charge in [0.15, 0.2) is 0 Å². The van der Waals surface area contributed by atoms with Gasteiger partial charge in [-0.3, -0.25) is 0 Å². The van der Waals surface area contributed by atoms with Crippen molar-refractivity contribution in [3.63, 3.8) is 0 Å². The lowest BCUT2D eigenvalue weighted by Crippen LogP contribution is -2.06. The highest BCUT2D eigenvalue weighted by atomic mass is 127. The molecular formula is C16H17IO2. The zero-order chi connectivity index (χ0) is 13.7. The molecule has 0 saturated heterocycles. The minimum absolute atomic E-state index is 0.255. The number of ether oxygens (including phenoxy) is 2. The molecule has 0 aromatic heterocycles. The minimum Gasteiger partial charge on any atom is -0.490 e. The summed E-state index contributed by atoms with van der Waals surface area (Å²) in [6, 6.07) is 16.1. The highest BCUT2D eigenvalue weighted by molar-refractivity contribution is 14.1. The maximum atomic E-state index is 5.54. The first kappa shape index (κ1) is 14.2. The van der Waals surface area contributed by atoms with Crippen LogP contribution >= 0.6 is 22.6 Å². The zero-order valence-corrected chi connectivity index (χ0v) is 13.3. The van der Waals surface area contributed by atoms with Crippen molar-refractivity contribution >= 4 is 22.6 Å². The van der Waals surface area contributed by atoms with Crippen LogP contribution in [-0.2, 0) is 6.61 Å². The van der Waals surface area contributed by atoms with Gasteiger partial charge in [-0.1, -0.05) is 24.3 Å². The molecule has 0 fully saturated rings. The molecule has 0 N–H and O–H groups in total. The molecule has 2 aromatic carbocycles. The summed E-state index contributed by atoms with van der Waals surface area (Å²) in [5.41, 5.74) is 1.28. The van der Waals surface area contributed by atoms with Crippen molar-refractivity contribution in [2.75, 3.05) is 0 Å². The van der Waals surface area contributed by atoms with E-state index in [1.54, 1.807) is 0 Å². The molecule has 0 spiro atoms. The standard InChI is InChI=1S/C9H11IO.C7H6O/c1-7(2)11-9-6-4-3-5-8(9)10;1-2-6-4-7(3-1)8-5-6/h3-7H,1-2H3;1-4H,5H2. The molecule has 3 rings (SSSR count). The Kier molecular flexibility index (Phi) is 5.07. The van der Waals surface area contributed by atoms with Gasteiger partial charge in [-0.05, 0) is 66.3 Å². The molecule has 2 bridgehead atoms. The lowest BCUT2D eigenvalue weighted by Gasteiger charge is -2.10. The average molecular weight is 368 g/mol. The fourth-order valence-electron chi connectivity index (χ4n) is 1.69. The van der Waals surface area contributed by atoms with E-state index in [0.29, 0.717) is 0 Å². The highest BCUT2D eigenvalue weighted by Gasteiger charge is 2.03. The van der Waals surface area contributed by atoms with Crippen molar-refractivity contribution in [3.05, 3.63) is 57.7 Å². The van der Waals surface area contributed by atoms with Gasteiger partial charge in [0.05, 0.1) is 9.67 Å². The Bertz CT molecular complexity index is 519. The van der Waals surface area contributed by atoms with Crippen molar-refractivity contribution < 1.29 is 9.47 Å². The zero-order valence-electron chi connectivity index (χ0n) is 11.1. The van der Waals surface area contributed by atoms with Gasteiger partial charge in [0.25, 0.3) is 0 Å². The minimum atomic E-state index is 0.255. The molecular weight excluding hydrogens is 351 g/mol. The summed E-state index contributed by atoms with van der Waals surface area (Å²) in [6.45, 7) is 4.83. The largest absolute Gasteiger partial charge is 0.490 e. The van der Waals surface area contributed by atoms with Crippen LogP contribution in [-0.4, -0.2) is 6.10 Å². The van der Waals surface area contributed by atoms with E-state index in [2.05, 4.69) is 34.7 Å². The SMILES string of the molecule is CC(C)Oc1ccccc1I.c1cc2cc(c1)OC2. The van der Waals surface area contributed by atoms with E-state index in [9.17, 15) is 0 Å². The van der Waals surface area contributed by atoms with Crippen LogP contribution < -0.4 is 9.47 Å². The lowest BCUT2D eigenvalue weighted by atomic mass is 10.2. The molecule has 0 saturated carbocycles. The summed E-state index contributed by atoms with van der Waals surface area (Å²) in [5, 5.41) is 0. The number of rotatable bonds is 2. The summed E-state index contributed by atoms with van der Waals surface area (Å²) in [5.74, 6) is 1.98. The molecule has 3 heteroatoms. The second-order valence-electron chi connectivity index (χ2n) is 4.53. The van der Waals surface area contributed by atoms with Crippen molar-refractivity contribution in [2.24, 2.45) is 0 Å². The molecule has 2 aromatic rings. The number of fused-ring (bicyclic) bond motifs is 2. The quantitative estimate of drug-likeness (QED) is 0.718. The van der Waals surface area contributed by atoms with Gasteiger partial charge >= 0.3 is 0 Å². The molecule has 2 nitrogen and oxygen atoms in total. The molecule has 0 unspecified atom stereocenters. The predicted molar refractivity (Wildman–Crippen MR) is 85.7 cm³/mol. The third kappa shape index (κ3) is 4.42. The van der Waals surface area contributed by atoms with E-state index in [-0.39, 0.29) is 6.10 Å². The van der Waals surface area contributed by atoms with Crippen LogP contribution in [0.15, 0.2) is 48.5 Å². The van der Waals surface area contributed by atoms with E-state index in [1.807, 2.05) is 50.2 Å². The van der Waals surface area contributed by atoms with Crippen LogP contribution in [0.1, 0.15) is 19.4 Å². The normalized spacial score (nSPS) is 11.6. The van der Waals surface area contributed by atoms with Crippen LogP contribution in [0.5, 0.6) is 11.5 Å². The molecule has 0 amide bonds. The van der Waals surface area contributed by atoms with Gasteiger partial charge in [-0.25, -0.2) is 0 Å². The summed E-state index contributed by atoms with van der Waals surface area (Å²) >= 11 is 2.27. The highest BCUT2D eigenvalue weighted by Crippen LogP contribution is 2.21. The number of hydrogen-bond donors (Lipinski definition) is 0. The first-order valence-corrected chi connectivity index (χ1v) is 7.36. The second kappa shape index (κ2) is 6.80. The van der Waals surface area contributed by atoms with Crippen LogP contribution in [0.3, 0.4) is 0 Å². The monoisotopic (exact) mass is 368 g/mol. The van der Waals surface area contributed by atoms with Crippen molar-refractivity contribution in [3.8, 4) is 11.5 Å². The van der Waals surface area contributed by atoms with E-state index < -0.39 is 0 Å². The van der Waals surface area contributed by atoms with Gasteiger partial charge in [0.1, 0.15) is 18.1 Å². The Balaban J connectivity index is 0.000000146. The topological polar surface area (TPSA) is 18.5 Å². The van der Waals surface area contributed by atoms with Gasteiger partial charge in [0.2, 0.25) is 0 Å². The molecule has 0 aliphatic carbocycles. The number of benzene rings is 2. The third-order valence-corrected chi connectivity index (χ3v) is 3.39. The Labute approximate surface area is 127 Å².